The zero-order valence-corrected chi connectivity index (χ0v) is 10.0. The Balaban J connectivity index is 3.64. The first kappa shape index (κ1) is 14.2. The van der Waals surface area contributed by atoms with Crippen molar-refractivity contribution in [3.8, 4) is 0 Å². The maximum atomic E-state index is 11.2. The Morgan fingerprint density at radius 1 is 1.47 bits per heavy atom. The summed E-state index contributed by atoms with van der Waals surface area (Å²) in [7, 11) is 0. The van der Waals surface area contributed by atoms with Crippen molar-refractivity contribution in [1.29, 1.82) is 0 Å². The minimum atomic E-state index is -0.460. The molecular weight excluding hydrogens is 196 g/mol. The normalized spacial score (nSPS) is 13.4. The number of nitrogens with two attached hydrogens (primary N) is 1. The molecule has 3 N–H and O–H groups in total. The monoisotopic (exact) mass is 218 g/mol. The van der Waals surface area contributed by atoms with Crippen LogP contribution in [0.3, 0.4) is 0 Å². The molecule has 0 saturated carbocycles. The number of carbonyl (C=O) groups is 1. The second kappa shape index (κ2) is 6.63. The van der Waals surface area contributed by atoms with Crippen LogP contribution in [0.1, 0.15) is 40.5 Å². The van der Waals surface area contributed by atoms with E-state index in [-0.39, 0.29) is 6.10 Å². The highest BCUT2D eigenvalue weighted by Gasteiger charge is 2.15. The van der Waals surface area contributed by atoms with E-state index in [1.54, 1.807) is 0 Å². The maximum absolute atomic E-state index is 11.2. The summed E-state index contributed by atoms with van der Waals surface area (Å²) in [5, 5.41) is 2.64. The molecule has 0 aliphatic rings. The Morgan fingerprint density at radius 2 is 2.07 bits per heavy atom. The number of amides is 1. The van der Waals surface area contributed by atoms with E-state index in [4.69, 9.17) is 15.5 Å². The van der Waals surface area contributed by atoms with Crippen molar-refractivity contribution in [1.82, 2.24) is 5.32 Å². The van der Waals surface area contributed by atoms with Gasteiger partial charge in [0, 0.05) is 6.54 Å². The zero-order chi connectivity index (χ0) is 11.9. The van der Waals surface area contributed by atoms with Crippen LogP contribution < -0.4 is 11.2 Å². The molecule has 15 heavy (non-hydrogen) atoms. The highest BCUT2D eigenvalue weighted by Crippen LogP contribution is 2.06. The first-order valence-electron chi connectivity index (χ1n) is 5.21. The van der Waals surface area contributed by atoms with Crippen molar-refractivity contribution in [2.24, 2.45) is 5.90 Å². The maximum Gasteiger partial charge on any atom is 0.407 e. The molecule has 0 radical (unpaired) electrons. The minimum absolute atomic E-state index is 0.0139. The molecule has 5 heteroatoms. The summed E-state index contributed by atoms with van der Waals surface area (Å²) in [4.78, 5) is 15.9. The predicted molar refractivity (Wildman–Crippen MR) is 58.2 cm³/mol. The van der Waals surface area contributed by atoms with Gasteiger partial charge in [0.2, 0.25) is 0 Å². The highest BCUT2D eigenvalue weighted by molar-refractivity contribution is 5.67. The molecule has 0 aromatic heterocycles. The largest absolute Gasteiger partial charge is 0.444 e. The molecule has 1 unspecified atom stereocenters. The molecule has 0 heterocycles. The summed E-state index contributed by atoms with van der Waals surface area (Å²) in [6.45, 7) is 7.95. The highest BCUT2D eigenvalue weighted by atomic mass is 16.6. The number of rotatable bonds is 5. The Bertz CT molecular complexity index is 186. The number of alkyl carbamates (subject to hydrolysis) is 1. The van der Waals surface area contributed by atoms with Gasteiger partial charge in [-0.15, -0.1) is 0 Å². The molecule has 0 aliphatic heterocycles. The fourth-order valence-electron chi connectivity index (χ4n) is 1.02. The van der Waals surface area contributed by atoms with Gasteiger partial charge >= 0.3 is 6.09 Å². The van der Waals surface area contributed by atoms with Crippen molar-refractivity contribution in [2.75, 3.05) is 6.54 Å². The van der Waals surface area contributed by atoms with Gasteiger partial charge in [-0.1, -0.05) is 6.92 Å². The van der Waals surface area contributed by atoms with Gasteiger partial charge < -0.3 is 14.9 Å². The summed E-state index contributed by atoms with van der Waals surface area (Å²) in [6, 6.07) is 0. The van der Waals surface area contributed by atoms with E-state index in [1.807, 2.05) is 27.7 Å². The van der Waals surface area contributed by atoms with Gasteiger partial charge in [-0.25, -0.2) is 10.7 Å². The molecule has 1 atom stereocenters. The van der Waals surface area contributed by atoms with Crippen molar-refractivity contribution >= 4 is 6.09 Å². The lowest BCUT2D eigenvalue weighted by atomic mass is 10.2. The Morgan fingerprint density at radius 3 is 2.47 bits per heavy atom. The van der Waals surface area contributed by atoms with Gasteiger partial charge in [-0.05, 0) is 33.6 Å². The summed E-state index contributed by atoms with van der Waals surface area (Å²) in [5.41, 5.74) is -0.460. The average molecular weight is 218 g/mol. The van der Waals surface area contributed by atoms with Crippen LogP contribution in [-0.4, -0.2) is 24.3 Å². The van der Waals surface area contributed by atoms with Crippen LogP contribution in [0.4, 0.5) is 4.79 Å². The molecule has 1 amide bonds. The Kier molecular flexibility index (Phi) is 6.27. The number of carbonyl (C=O) groups excluding carboxylic acids is 1. The average Bonchev–Trinajstić information content (AvgIpc) is 2.09. The van der Waals surface area contributed by atoms with Gasteiger partial charge in [0.25, 0.3) is 0 Å². The van der Waals surface area contributed by atoms with Crippen LogP contribution in [0.2, 0.25) is 0 Å². The van der Waals surface area contributed by atoms with Crippen molar-refractivity contribution in [2.45, 2.75) is 52.2 Å². The minimum Gasteiger partial charge on any atom is -0.444 e. The molecule has 0 aromatic rings. The van der Waals surface area contributed by atoms with Gasteiger partial charge in [0.15, 0.2) is 0 Å². The van der Waals surface area contributed by atoms with Crippen LogP contribution in [0.15, 0.2) is 0 Å². The molecule has 0 aliphatic carbocycles. The van der Waals surface area contributed by atoms with Crippen LogP contribution in [0.25, 0.3) is 0 Å². The zero-order valence-electron chi connectivity index (χ0n) is 10.0. The predicted octanol–water partition coefficient (Wildman–Crippen LogP) is 1.57. The fraction of sp³-hybridized carbons (Fsp3) is 0.900. The van der Waals surface area contributed by atoms with Crippen LogP contribution in [0, 0.1) is 0 Å². The van der Waals surface area contributed by atoms with Crippen molar-refractivity contribution in [3.05, 3.63) is 0 Å². The third kappa shape index (κ3) is 8.20. The lowest BCUT2D eigenvalue weighted by Gasteiger charge is -2.20. The molecule has 0 rings (SSSR count). The van der Waals surface area contributed by atoms with E-state index in [9.17, 15) is 4.79 Å². The molecular formula is C10H22N2O3. The number of nitrogens with one attached hydrogen (secondary N) is 1. The molecule has 5 nitrogen and oxygen atoms in total. The number of hydrogen-bond donors (Lipinski definition) is 2. The first-order valence-corrected chi connectivity index (χ1v) is 5.21. The topological polar surface area (TPSA) is 73.6 Å². The van der Waals surface area contributed by atoms with Gasteiger partial charge in [-0.3, -0.25) is 0 Å². The summed E-state index contributed by atoms with van der Waals surface area (Å²) < 4.78 is 5.06. The van der Waals surface area contributed by atoms with Gasteiger partial charge in [0.05, 0.1) is 6.10 Å². The van der Waals surface area contributed by atoms with E-state index in [0.717, 1.165) is 6.42 Å². The summed E-state index contributed by atoms with van der Waals surface area (Å²) >= 11 is 0. The Hall–Kier alpha value is -0.810. The van der Waals surface area contributed by atoms with E-state index >= 15 is 0 Å². The first-order chi connectivity index (χ1) is 6.89. The van der Waals surface area contributed by atoms with Gasteiger partial charge in [-0.2, -0.15) is 0 Å². The summed E-state index contributed by atoms with van der Waals surface area (Å²) in [5.74, 6) is 5.06. The molecule has 0 spiro atoms. The van der Waals surface area contributed by atoms with Crippen LogP contribution in [0.5, 0.6) is 0 Å². The Labute approximate surface area is 91.3 Å². The number of ether oxygens (including phenoxy) is 1. The van der Waals surface area contributed by atoms with Crippen LogP contribution in [-0.2, 0) is 9.57 Å². The third-order valence-electron chi connectivity index (χ3n) is 1.78. The van der Waals surface area contributed by atoms with E-state index in [2.05, 4.69) is 5.32 Å². The smallest absolute Gasteiger partial charge is 0.407 e. The van der Waals surface area contributed by atoms with E-state index in [1.165, 1.54) is 0 Å². The number of hydrogen-bond acceptors (Lipinski definition) is 4. The second-order valence-electron chi connectivity index (χ2n) is 4.38. The van der Waals surface area contributed by atoms with Gasteiger partial charge in [0.1, 0.15) is 5.60 Å². The lowest BCUT2D eigenvalue weighted by Crippen LogP contribution is -2.34. The second-order valence-corrected chi connectivity index (χ2v) is 4.38. The fourth-order valence-corrected chi connectivity index (χ4v) is 1.02. The summed E-state index contributed by atoms with van der Waals surface area (Å²) in [6.07, 6.45) is 1.09. The molecule has 0 aromatic carbocycles. The van der Waals surface area contributed by atoms with E-state index in [0.29, 0.717) is 13.0 Å². The van der Waals surface area contributed by atoms with E-state index < -0.39 is 11.7 Å². The SMILES string of the molecule is CCC(CCNC(=O)OC(C)(C)C)ON. The standard InChI is InChI=1S/C10H22N2O3/c1-5-8(15-11)6-7-12-9(13)14-10(2,3)4/h8H,5-7,11H2,1-4H3,(H,12,13). The van der Waals surface area contributed by atoms with Crippen molar-refractivity contribution in [3.63, 3.8) is 0 Å². The molecule has 90 valence electrons. The molecule has 0 bridgehead atoms. The molecule has 0 saturated heterocycles. The van der Waals surface area contributed by atoms with Crippen LogP contribution >= 0.6 is 0 Å². The molecule has 0 fully saturated rings. The quantitative estimate of drug-likeness (QED) is 0.687. The van der Waals surface area contributed by atoms with Crippen molar-refractivity contribution < 1.29 is 14.4 Å². The lowest BCUT2D eigenvalue weighted by molar-refractivity contribution is 0.0389. The third-order valence-corrected chi connectivity index (χ3v) is 1.78.